The van der Waals surface area contributed by atoms with Crippen LogP contribution in [0.1, 0.15) is 34.9 Å². The molecule has 1 saturated heterocycles. The zero-order chi connectivity index (χ0) is 21.3. The Balaban J connectivity index is 1.52. The highest BCUT2D eigenvalue weighted by Crippen LogP contribution is 2.37. The molecule has 1 aromatic heterocycles. The Hall–Kier alpha value is -1.97. The van der Waals surface area contributed by atoms with Crippen LogP contribution in [0.2, 0.25) is 10.0 Å². The first kappa shape index (κ1) is 21.3. The van der Waals surface area contributed by atoms with Gasteiger partial charge in [-0.25, -0.2) is 13.4 Å². The molecule has 0 unspecified atom stereocenters. The van der Waals surface area contributed by atoms with E-state index >= 15 is 0 Å². The summed E-state index contributed by atoms with van der Waals surface area (Å²) in [5.74, 6) is -0.301. The molecule has 1 amide bonds. The van der Waals surface area contributed by atoms with Crippen molar-refractivity contribution in [3.8, 4) is 0 Å². The van der Waals surface area contributed by atoms with Crippen molar-refractivity contribution < 1.29 is 13.2 Å². The lowest BCUT2D eigenvalue weighted by molar-refractivity contribution is 0.102. The van der Waals surface area contributed by atoms with Crippen LogP contribution in [0.15, 0.2) is 58.8 Å². The van der Waals surface area contributed by atoms with Crippen LogP contribution in [-0.2, 0) is 10.0 Å². The maximum absolute atomic E-state index is 13.1. The maximum Gasteiger partial charge on any atom is 0.257 e. The molecular weight excluding hydrogens is 465 g/mol. The van der Waals surface area contributed by atoms with E-state index in [0.717, 1.165) is 6.42 Å². The molecule has 10 heteroatoms. The molecule has 3 aromatic rings. The third-order valence-electron chi connectivity index (χ3n) is 4.81. The number of nitrogens with one attached hydrogen (secondary N) is 1. The molecule has 6 nitrogen and oxygen atoms in total. The van der Waals surface area contributed by atoms with Gasteiger partial charge < -0.3 is 0 Å². The van der Waals surface area contributed by atoms with E-state index in [-0.39, 0.29) is 16.8 Å². The number of halogens is 2. The van der Waals surface area contributed by atoms with Gasteiger partial charge in [-0.15, -0.1) is 11.3 Å². The fraction of sp³-hybridized carbons (Fsp3) is 0.200. The Morgan fingerprint density at radius 1 is 1.07 bits per heavy atom. The minimum absolute atomic E-state index is 0.199. The highest BCUT2D eigenvalue weighted by atomic mass is 35.5. The first-order valence-corrected chi connectivity index (χ1v) is 12.2. The number of anilines is 1. The van der Waals surface area contributed by atoms with Crippen LogP contribution in [0.4, 0.5) is 5.13 Å². The molecular formula is C20H17Cl2N3O3S2. The lowest BCUT2D eigenvalue weighted by atomic mass is 10.2. The molecule has 2 aromatic carbocycles. The minimum Gasteiger partial charge on any atom is -0.298 e. The van der Waals surface area contributed by atoms with Gasteiger partial charge in [0.1, 0.15) is 0 Å². The first-order chi connectivity index (χ1) is 14.3. The summed E-state index contributed by atoms with van der Waals surface area (Å²) in [5, 5.41) is 5.99. The molecule has 0 spiro atoms. The van der Waals surface area contributed by atoms with Crippen molar-refractivity contribution >= 4 is 55.6 Å². The number of hydrogen-bond acceptors (Lipinski definition) is 5. The van der Waals surface area contributed by atoms with E-state index < -0.39 is 10.0 Å². The number of carbonyl (C=O) groups excluding carboxylic acids is 1. The van der Waals surface area contributed by atoms with Gasteiger partial charge in [0.2, 0.25) is 10.0 Å². The molecule has 0 saturated carbocycles. The number of hydrogen-bond donors (Lipinski definition) is 1. The van der Waals surface area contributed by atoms with Gasteiger partial charge in [-0.2, -0.15) is 4.31 Å². The van der Waals surface area contributed by atoms with Gasteiger partial charge in [-0.1, -0.05) is 23.2 Å². The maximum atomic E-state index is 13.1. The Morgan fingerprint density at radius 2 is 1.70 bits per heavy atom. The molecule has 0 aliphatic carbocycles. The number of benzene rings is 2. The summed E-state index contributed by atoms with van der Waals surface area (Å²) in [6.07, 6.45) is 1.41. The van der Waals surface area contributed by atoms with Crippen molar-refractivity contribution in [1.82, 2.24) is 9.29 Å². The van der Waals surface area contributed by atoms with Crippen LogP contribution in [0.25, 0.3) is 0 Å². The smallest absolute Gasteiger partial charge is 0.257 e. The third-order valence-corrected chi connectivity index (χ3v) is 8.02. The molecule has 0 radical (unpaired) electrons. The molecule has 1 aliphatic heterocycles. The Labute approximate surface area is 188 Å². The van der Waals surface area contributed by atoms with Crippen molar-refractivity contribution in [2.24, 2.45) is 0 Å². The summed E-state index contributed by atoms with van der Waals surface area (Å²) >= 11 is 13.0. The number of amides is 1. The molecule has 2 heterocycles. The van der Waals surface area contributed by atoms with Crippen LogP contribution < -0.4 is 5.32 Å². The van der Waals surface area contributed by atoms with E-state index in [4.69, 9.17) is 23.2 Å². The lowest BCUT2D eigenvalue weighted by Gasteiger charge is -2.22. The van der Waals surface area contributed by atoms with Gasteiger partial charge in [0, 0.05) is 27.5 Å². The largest absolute Gasteiger partial charge is 0.298 e. The van der Waals surface area contributed by atoms with Gasteiger partial charge in [0.05, 0.1) is 16.6 Å². The van der Waals surface area contributed by atoms with Gasteiger partial charge >= 0.3 is 0 Å². The molecule has 1 aliphatic rings. The monoisotopic (exact) mass is 481 g/mol. The average molecular weight is 482 g/mol. The SMILES string of the molecule is O=C(Nc1nc([C@H]2CCCN2S(=O)(=O)c2ccc(Cl)cc2)cs1)c1ccc(Cl)cc1. The summed E-state index contributed by atoms with van der Waals surface area (Å²) in [4.78, 5) is 17.1. The van der Waals surface area contributed by atoms with Crippen LogP contribution in [0.3, 0.4) is 0 Å². The predicted octanol–water partition coefficient (Wildman–Crippen LogP) is 5.23. The molecule has 4 rings (SSSR count). The van der Waals surface area contributed by atoms with Crippen molar-refractivity contribution in [3.05, 3.63) is 75.2 Å². The number of nitrogens with zero attached hydrogens (tertiary/aromatic N) is 2. The standard InChI is InChI=1S/C20H17Cl2N3O3S2/c21-14-5-3-13(4-6-14)19(26)24-20-23-17(12-29-20)18-2-1-11-25(18)30(27,28)16-9-7-15(22)8-10-16/h3-10,12,18H,1-2,11H2,(H,23,24,26)/t18-/m1/s1. The molecule has 156 valence electrons. The van der Waals surface area contributed by atoms with Crippen molar-refractivity contribution in [1.29, 1.82) is 0 Å². The first-order valence-electron chi connectivity index (χ1n) is 9.14. The fourth-order valence-corrected chi connectivity index (χ4v) is 6.01. The minimum atomic E-state index is -3.67. The van der Waals surface area contributed by atoms with E-state index in [9.17, 15) is 13.2 Å². The van der Waals surface area contributed by atoms with Crippen LogP contribution in [0, 0.1) is 0 Å². The molecule has 30 heavy (non-hydrogen) atoms. The highest BCUT2D eigenvalue weighted by Gasteiger charge is 2.37. The van der Waals surface area contributed by atoms with Gasteiger partial charge in [-0.05, 0) is 61.4 Å². The summed E-state index contributed by atoms with van der Waals surface area (Å²) in [5.41, 5.74) is 1.09. The zero-order valence-corrected chi connectivity index (χ0v) is 18.7. The zero-order valence-electron chi connectivity index (χ0n) is 15.6. The molecule has 1 atom stereocenters. The van der Waals surface area contributed by atoms with Crippen molar-refractivity contribution in [2.75, 3.05) is 11.9 Å². The van der Waals surface area contributed by atoms with Crippen LogP contribution in [0.5, 0.6) is 0 Å². The van der Waals surface area contributed by atoms with Crippen molar-refractivity contribution in [3.63, 3.8) is 0 Å². The Morgan fingerprint density at radius 3 is 2.37 bits per heavy atom. The van der Waals surface area contributed by atoms with Gasteiger partial charge in [-0.3, -0.25) is 10.1 Å². The van der Waals surface area contributed by atoms with E-state index in [1.165, 1.54) is 27.8 Å². The number of thiazole rings is 1. The fourth-order valence-electron chi connectivity index (χ4n) is 3.33. The van der Waals surface area contributed by atoms with Crippen LogP contribution in [-0.4, -0.2) is 30.2 Å². The second-order valence-electron chi connectivity index (χ2n) is 6.77. The second-order valence-corrected chi connectivity index (χ2v) is 10.4. The lowest BCUT2D eigenvalue weighted by Crippen LogP contribution is -2.30. The van der Waals surface area contributed by atoms with Gasteiger partial charge in [0.25, 0.3) is 5.91 Å². The number of aromatic nitrogens is 1. The number of sulfonamides is 1. The quantitative estimate of drug-likeness (QED) is 0.540. The van der Waals surface area contributed by atoms with E-state index in [2.05, 4.69) is 10.3 Å². The van der Waals surface area contributed by atoms with E-state index in [1.54, 1.807) is 41.8 Å². The van der Waals surface area contributed by atoms with Crippen molar-refractivity contribution in [2.45, 2.75) is 23.8 Å². The second kappa shape index (κ2) is 8.64. The molecule has 0 bridgehead atoms. The summed E-state index contributed by atoms with van der Waals surface area (Å²) in [6.45, 7) is 0.416. The molecule has 1 N–H and O–H groups in total. The number of carbonyl (C=O) groups is 1. The predicted molar refractivity (Wildman–Crippen MR) is 119 cm³/mol. The van der Waals surface area contributed by atoms with Gasteiger partial charge in [0.15, 0.2) is 5.13 Å². The summed E-state index contributed by atoms with van der Waals surface area (Å²) < 4.78 is 27.7. The topological polar surface area (TPSA) is 79.4 Å². The highest BCUT2D eigenvalue weighted by molar-refractivity contribution is 7.89. The third kappa shape index (κ3) is 4.38. The average Bonchev–Trinajstić information content (AvgIpc) is 3.38. The summed E-state index contributed by atoms with van der Waals surface area (Å²) in [7, 11) is -3.67. The Kier molecular flexibility index (Phi) is 6.13. The number of rotatable bonds is 5. The Bertz CT molecular complexity index is 1160. The van der Waals surface area contributed by atoms with E-state index in [0.29, 0.717) is 39.4 Å². The normalized spacial score (nSPS) is 17.2. The molecule has 1 fully saturated rings. The summed E-state index contributed by atoms with van der Waals surface area (Å²) in [6, 6.07) is 12.3. The van der Waals surface area contributed by atoms with Crippen LogP contribution >= 0.6 is 34.5 Å². The van der Waals surface area contributed by atoms with E-state index in [1.807, 2.05) is 0 Å².